The highest BCUT2D eigenvalue weighted by Crippen LogP contribution is 2.12. The molecular weight excluding hydrogens is 220 g/mol. The molecule has 0 radical (unpaired) electrons. The third-order valence-corrected chi connectivity index (χ3v) is 5.18. The molecule has 0 amide bonds. The summed E-state index contributed by atoms with van der Waals surface area (Å²) in [4.78, 5) is 0. The van der Waals surface area contributed by atoms with Crippen LogP contribution in [0.25, 0.3) is 0 Å². The van der Waals surface area contributed by atoms with E-state index in [2.05, 4.69) is 0 Å². The van der Waals surface area contributed by atoms with Crippen molar-refractivity contribution in [3.05, 3.63) is 0 Å². The molecule has 0 aromatic carbocycles. The Kier molecular flexibility index (Phi) is 6.79. The van der Waals surface area contributed by atoms with Gasteiger partial charge in [-0.05, 0) is 33.1 Å². The fraction of sp³-hybridized carbons (Fsp3) is 1.00. The third kappa shape index (κ3) is 5.86. The first-order valence-electron chi connectivity index (χ1n) is 5.25. The van der Waals surface area contributed by atoms with Gasteiger partial charge in [0.2, 0.25) is 0 Å². The van der Waals surface area contributed by atoms with Crippen LogP contribution in [-0.4, -0.2) is 24.8 Å². The highest BCUT2D eigenvalue weighted by Gasteiger charge is 2.15. The Morgan fingerprint density at radius 1 is 1.21 bits per heavy atom. The number of hydrogen-bond acceptors (Lipinski definition) is 2. The summed E-state index contributed by atoms with van der Waals surface area (Å²) in [7, 11) is -2.85. The van der Waals surface area contributed by atoms with Crippen LogP contribution < -0.4 is 0 Å². The van der Waals surface area contributed by atoms with Gasteiger partial charge in [0.05, 0.1) is 11.0 Å². The Balaban J connectivity index is 3.65. The van der Waals surface area contributed by atoms with E-state index < -0.39 is 9.84 Å². The fourth-order valence-electron chi connectivity index (χ4n) is 1.11. The van der Waals surface area contributed by atoms with Gasteiger partial charge in [-0.3, -0.25) is 0 Å². The minimum absolute atomic E-state index is 0.205. The van der Waals surface area contributed by atoms with E-state index in [1.54, 1.807) is 13.8 Å². The van der Waals surface area contributed by atoms with Gasteiger partial charge in [-0.2, -0.15) is 0 Å². The van der Waals surface area contributed by atoms with Gasteiger partial charge in [-0.25, -0.2) is 8.42 Å². The number of halogens is 1. The summed E-state index contributed by atoms with van der Waals surface area (Å²) < 4.78 is 22.8. The summed E-state index contributed by atoms with van der Waals surface area (Å²) in [5, 5.41) is -0.0442. The maximum absolute atomic E-state index is 11.4. The SMILES string of the molecule is CCC(Cl)CCCCS(=O)(=O)C(C)C. The zero-order valence-electron chi connectivity index (χ0n) is 9.29. The van der Waals surface area contributed by atoms with Crippen LogP contribution in [0.5, 0.6) is 0 Å². The van der Waals surface area contributed by atoms with Crippen molar-refractivity contribution in [1.29, 1.82) is 0 Å². The Morgan fingerprint density at radius 3 is 2.21 bits per heavy atom. The Bertz CT molecular complexity index is 235. The molecule has 14 heavy (non-hydrogen) atoms. The van der Waals surface area contributed by atoms with Crippen LogP contribution in [0.4, 0.5) is 0 Å². The molecule has 1 unspecified atom stereocenters. The molecule has 0 heterocycles. The minimum atomic E-state index is -2.85. The largest absolute Gasteiger partial charge is 0.229 e. The predicted octanol–water partition coefficient (Wildman–Crippen LogP) is 3.00. The van der Waals surface area contributed by atoms with Crippen molar-refractivity contribution in [3.63, 3.8) is 0 Å². The van der Waals surface area contributed by atoms with Crippen molar-refractivity contribution >= 4 is 21.4 Å². The minimum Gasteiger partial charge on any atom is -0.229 e. The predicted molar refractivity (Wildman–Crippen MR) is 62.7 cm³/mol. The van der Waals surface area contributed by atoms with E-state index in [9.17, 15) is 8.42 Å². The van der Waals surface area contributed by atoms with Crippen LogP contribution >= 0.6 is 11.6 Å². The van der Waals surface area contributed by atoms with Gasteiger partial charge < -0.3 is 0 Å². The molecule has 0 aliphatic carbocycles. The molecule has 0 saturated carbocycles. The Morgan fingerprint density at radius 2 is 1.79 bits per heavy atom. The van der Waals surface area contributed by atoms with Gasteiger partial charge in [0.1, 0.15) is 0 Å². The molecule has 0 N–H and O–H groups in total. The Hall–Kier alpha value is 0.240. The van der Waals surface area contributed by atoms with Crippen LogP contribution in [0.2, 0.25) is 0 Å². The average molecular weight is 241 g/mol. The van der Waals surface area contributed by atoms with E-state index in [1.807, 2.05) is 6.92 Å². The second-order valence-corrected chi connectivity index (χ2v) is 7.21. The molecule has 0 spiro atoms. The third-order valence-electron chi connectivity index (χ3n) is 2.36. The van der Waals surface area contributed by atoms with Crippen LogP contribution in [0.3, 0.4) is 0 Å². The molecule has 0 bridgehead atoms. The fourth-order valence-corrected chi connectivity index (χ4v) is 2.34. The zero-order chi connectivity index (χ0) is 11.2. The van der Waals surface area contributed by atoms with Crippen LogP contribution in [0.15, 0.2) is 0 Å². The van der Waals surface area contributed by atoms with Crippen LogP contribution in [-0.2, 0) is 9.84 Å². The second kappa shape index (κ2) is 6.67. The van der Waals surface area contributed by atoms with Crippen molar-refractivity contribution in [1.82, 2.24) is 0 Å². The smallest absolute Gasteiger partial charge is 0.152 e. The van der Waals surface area contributed by atoms with Crippen molar-refractivity contribution in [3.8, 4) is 0 Å². The van der Waals surface area contributed by atoms with E-state index in [0.717, 1.165) is 25.7 Å². The molecule has 0 aromatic rings. The number of sulfone groups is 1. The lowest BCUT2D eigenvalue weighted by molar-refractivity contribution is 0.579. The normalized spacial score (nSPS) is 14.6. The van der Waals surface area contributed by atoms with Crippen molar-refractivity contribution in [2.45, 2.75) is 57.1 Å². The maximum Gasteiger partial charge on any atom is 0.152 e. The van der Waals surface area contributed by atoms with E-state index >= 15 is 0 Å². The molecule has 1 atom stereocenters. The summed E-state index contributed by atoms with van der Waals surface area (Å²) in [6.07, 6.45) is 3.53. The number of unbranched alkanes of at least 4 members (excludes halogenated alkanes) is 1. The Labute approximate surface area is 93.0 Å². The summed E-state index contributed by atoms with van der Waals surface area (Å²) in [6, 6.07) is 0. The molecule has 2 nitrogen and oxygen atoms in total. The van der Waals surface area contributed by atoms with Gasteiger partial charge in [-0.1, -0.05) is 13.3 Å². The highest BCUT2D eigenvalue weighted by molar-refractivity contribution is 7.91. The van der Waals surface area contributed by atoms with Gasteiger partial charge in [0, 0.05) is 5.38 Å². The lowest BCUT2D eigenvalue weighted by Gasteiger charge is -2.08. The molecule has 0 aliphatic rings. The maximum atomic E-state index is 11.4. The summed E-state index contributed by atoms with van der Waals surface area (Å²) in [5.74, 6) is 0.304. The van der Waals surface area contributed by atoms with E-state index in [1.165, 1.54) is 0 Å². The van der Waals surface area contributed by atoms with Crippen LogP contribution in [0.1, 0.15) is 46.5 Å². The molecule has 0 aliphatic heterocycles. The van der Waals surface area contributed by atoms with Crippen molar-refractivity contribution in [2.24, 2.45) is 0 Å². The first-order chi connectivity index (χ1) is 6.40. The molecule has 0 fully saturated rings. The summed E-state index contributed by atoms with van der Waals surface area (Å²) >= 11 is 5.93. The lowest BCUT2D eigenvalue weighted by Crippen LogP contribution is -2.17. The standard InChI is InChI=1S/C10H21ClO2S/c1-4-10(11)7-5-6-8-14(12,13)9(2)3/h9-10H,4-8H2,1-3H3. The topological polar surface area (TPSA) is 34.1 Å². The van der Waals surface area contributed by atoms with Crippen molar-refractivity contribution in [2.75, 3.05) is 5.75 Å². The molecule has 4 heteroatoms. The molecule has 86 valence electrons. The number of alkyl halides is 1. The molecule has 0 saturated heterocycles. The van der Waals surface area contributed by atoms with E-state index in [-0.39, 0.29) is 10.6 Å². The average Bonchev–Trinajstić information content (AvgIpc) is 2.11. The molecule has 0 aromatic heterocycles. The van der Waals surface area contributed by atoms with Gasteiger partial charge in [0.25, 0.3) is 0 Å². The number of rotatable bonds is 7. The highest BCUT2D eigenvalue weighted by atomic mass is 35.5. The van der Waals surface area contributed by atoms with Gasteiger partial charge in [0.15, 0.2) is 9.84 Å². The first kappa shape index (κ1) is 14.2. The van der Waals surface area contributed by atoms with Gasteiger partial charge >= 0.3 is 0 Å². The number of hydrogen-bond donors (Lipinski definition) is 0. The summed E-state index contributed by atoms with van der Waals surface area (Å²) in [6.45, 7) is 5.50. The van der Waals surface area contributed by atoms with Crippen LogP contribution in [0, 0.1) is 0 Å². The second-order valence-electron chi connectivity index (χ2n) is 3.92. The lowest BCUT2D eigenvalue weighted by atomic mass is 10.2. The van der Waals surface area contributed by atoms with E-state index in [4.69, 9.17) is 11.6 Å². The van der Waals surface area contributed by atoms with Gasteiger partial charge in [-0.15, -0.1) is 11.6 Å². The van der Waals surface area contributed by atoms with E-state index in [0.29, 0.717) is 5.75 Å². The molecule has 0 rings (SSSR count). The summed E-state index contributed by atoms with van der Waals surface area (Å²) in [5.41, 5.74) is 0. The zero-order valence-corrected chi connectivity index (χ0v) is 10.9. The monoisotopic (exact) mass is 240 g/mol. The van der Waals surface area contributed by atoms with Crippen molar-refractivity contribution < 1.29 is 8.42 Å². The quantitative estimate of drug-likeness (QED) is 0.507. The first-order valence-corrected chi connectivity index (χ1v) is 7.41. The molecular formula is C10H21ClO2S.